The van der Waals surface area contributed by atoms with E-state index in [1.165, 1.54) is 30.9 Å². The molecule has 10 heteroatoms. The van der Waals surface area contributed by atoms with Crippen molar-refractivity contribution in [2.75, 3.05) is 28.2 Å². The lowest BCUT2D eigenvalue weighted by molar-refractivity contribution is 0.254. The van der Waals surface area contributed by atoms with Gasteiger partial charge in [-0.15, -0.1) is 0 Å². The molecule has 0 aromatic carbocycles. The Morgan fingerprint density at radius 2 is 2.17 bits per heavy atom. The summed E-state index contributed by atoms with van der Waals surface area (Å²) in [5.41, 5.74) is 1.45. The molecular formula is C20H15FN8O. The van der Waals surface area contributed by atoms with Crippen molar-refractivity contribution in [2.24, 2.45) is 0 Å². The molecule has 9 nitrogen and oxygen atoms in total. The van der Waals surface area contributed by atoms with Gasteiger partial charge in [0.15, 0.2) is 23.1 Å². The number of urea groups is 1. The summed E-state index contributed by atoms with van der Waals surface area (Å²) in [5.74, 6) is 0.127. The smallest absolute Gasteiger partial charge is 0.329 e. The first kappa shape index (κ1) is 17.9. The summed E-state index contributed by atoms with van der Waals surface area (Å²) >= 11 is 0. The minimum atomic E-state index is -0.712. The van der Waals surface area contributed by atoms with E-state index in [4.69, 9.17) is 5.26 Å². The van der Waals surface area contributed by atoms with E-state index in [-0.39, 0.29) is 17.8 Å². The van der Waals surface area contributed by atoms with E-state index < -0.39 is 5.82 Å². The molecule has 2 bridgehead atoms. The topological polar surface area (TPSA) is 111 Å². The summed E-state index contributed by atoms with van der Waals surface area (Å²) in [7, 11) is 0. The van der Waals surface area contributed by atoms with Crippen LogP contribution in [0.4, 0.5) is 26.5 Å². The first-order valence-corrected chi connectivity index (χ1v) is 9.32. The molecule has 5 heterocycles. The SMILES string of the molecule is N#Cc1ncc(-c2ccc3c(n2)N(C(=O)Nc2cnccn2)[C@H]2CCN3C2)cc1F. The Morgan fingerprint density at radius 1 is 1.27 bits per heavy atom. The van der Waals surface area contributed by atoms with Crippen LogP contribution < -0.4 is 15.1 Å². The Balaban J connectivity index is 1.54. The van der Waals surface area contributed by atoms with Crippen molar-refractivity contribution < 1.29 is 9.18 Å². The maximum atomic E-state index is 14.0. The summed E-state index contributed by atoms with van der Waals surface area (Å²) in [5, 5.41) is 11.7. The number of nitriles is 1. The lowest BCUT2D eigenvalue weighted by atomic mass is 10.1. The van der Waals surface area contributed by atoms with Gasteiger partial charge in [0.1, 0.15) is 6.07 Å². The summed E-state index contributed by atoms with van der Waals surface area (Å²) in [4.78, 5) is 33.5. The number of anilines is 3. The van der Waals surface area contributed by atoms with E-state index in [2.05, 4.69) is 30.2 Å². The van der Waals surface area contributed by atoms with Crippen molar-refractivity contribution in [3.05, 3.63) is 54.5 Å². The molecule has 1 N–H and O–H groups in total. The van der Waals surface area contributed by atoms with E-state index in [0.717, 1.165) is 25.2 Å². The molecule has 2 amide bonds. The van der Waals surface area contributed by atoms with Gasteiger partial charge in [0, 0.05) is 37.2 Å². The Labute approximate surface area is 170 Å². The molecule has 0 unspecified atom stereocenters. The molecule has 148 valence electrons. The molecule has 1 fully saturated rings. The highest BCUT2D eigenvalue weighted by molar-refractivity contribution is 6.04. The Hall–Kier alpha value is -4.13. The van der Waals surface area contributed by atoms with Gasteiger partial charge in [-0.05, 0) is 24.6 Å². The molecule has 0 radical (unpaired) electrons. The first-order chi connectivity index (χ1) is 14.6. The Morgan fingerprint density at radius 3 is 2.93 bits per heavy atom. The number of carbonyl (C=O) groups excluding carboxylic acids is 1. The van der Waals surface area contributed by atoms with E-state index >= 15 is 0 Å². The molecular weight excluding hydrogens is 387 g/mol. The van der Waals surface area contributed by atoms with Gasteiger partial charge < -0.3 is 4.90 Å². The highest BCUT2D eigenvalue weighted by Gasteiger charge is 2.40. The minimum absolute atomic E-state index is 0.0345. The van der Waals surface area contributed by atoms with Gasteiger partial charge in [-0.3, -0.25) is 15.2 Å². The van der Waals surface area contributed by atoms with E-state index in [9.17, 15) is 9.18 Å². The van der Waals surface area contributed by atoms with Gasteiger partial charge >= 0.3 is 6.03 Å². The molecule has 5 rings (SSSR count). The standard InChI is InChI=1S/C20H15FN8O/c21-14-7-12(9-25-16(14)8-22)15-1-2-17-19(26-15)29(13-3-6-28(17)11-13)20(30)27-18-10-23-4-5-24-18/h1-2,4-5,7,9-10,13H,3,6,11H2,(H,24,27,30)/t13-/m0/s1. The Bertz CT molecular complexity index is 1180. The maximum Gasteiger partial charge on any atom is 0.329 e. The van der Waals surface area contributed by atoms with Crippen LogP contribution in [0.5, 0.6) is 0 Å². The second-order valence-electron chi connectivity index (χ2n) is 6.98. The fourth-order valence-electron chi connectivity index (χ4n) is 3.83. The predicted octanol–water partition coefficient (Wildman–Crippen LogP) is 2.58. The van der Waals surface area contributed by atoms with E-state index in [1.54, 1.807) is 17.0 Å². The molecule has 1 atom stereocenters. The van der Waals surface area contributed by atoms with Crippen molar-refractivity contribution in [3.63, 3.8) is 0 Å². The third-order valence-electron chi connectivity index (χ3n) is 5.21. The zero-order valence-corrected chi connectivity index (χ0v) is 15.7. The lowest BCUT2D eigenvalue weighted by Crippen LogP contribution is -2.48. The largest absolute Gasteiger partial charge is 0.366 e. The normalized spacial score (nSPS) is 16.7. The number of aromatic nitrogens is 4. The van der Waals surface area contributed by atoms with Crippen molar-refractivity contribution in [1.82, 2.24) is 19.9 Å². The number of halogens is 1. The highest BCUT2D eigenvalue weighted by Crippen LogP contribution is 2.40. The molecule has 0 saturated carbocycles. The summed E-state index contributed by atoms with van der Waals surface area (Å²) < 4.78 is 14.0. The van der Waals surface area contributed by atoms with Crippen LogP contribution >= 0.6 is 0 Å². The third kappa shape index (κ3) is 2.97. The van der Waals surface area contributed by atoms with Crippen molar-refractivity contribution in [2.45, 2.75) is 12.5 Å². The number of rotatable bonds is 2. The molecule has 1 saturated heterocycles. The van der Waals surface area contributed by atoms with Crippen LogP contribution in [0.1, 0.15) is 12.1 Å². The number of nitrogens with zero attached hydrogens (tertiary/aromatic N) is 7. The van der Waals surface area contributed by atoms with Crippen molar-refractivity contribution >= 4 is 23.4 Å². The summed E-state index contributed by atoms with van der Waals surface area (Å²) in [6.45, 7) is 1.54. The highest BCUT2D eigenvalue weighted by atomic mass is 19.1. The molecule has 3 aromatic rings. The van der Waals surface area contributed by atoms with Gasteiger partial charge in [-0.25, -0.2) is 24.1 Å². The zero-order valence-electron chi connectivity index (χ0n) is 15.7. The quantitative estimate of drug-likeness (QED) is 0.701. The number of pyridine rings is 2. The van der Waals surface area contributed by atoms with Crippen LogP contribution in [0.25, 0.3) is 11.3 Å². The number of hydrogen-bond donors (Lipinski definition) is 1. The average Bonchev–Trinajstić information content (AvgIpc) is 3.18. The number of amides is 2. The van der Waals surface area contributed by atoms with Crippen LogP contribution in [-0.4, -0.2) is 45.1 Å². The van der Waals surface area contributed by atoms with Crippen LogP contribution in [0.3, 0.4) is 0 Å². The average molecular weight is 402 g/mol. The van der Waals surface area contributed by atoms with Gasteiger partial charge in [-0.2, -0.15) is 5.26 Å². The Kier molecular flexibility index (Phi) is 4.21. The summed E-state index contributed by atoms with van der Waals surface area (Å²) in [6.07, 6.45) is 6.71. The summed E-state index contributed by atoms with van der Waals surface area (Å²) in [6, 6.07) is 6.18. The molecule has 2 aliphatic heterocycles. The molecule has 2 aliphatic rings. The van der Waals surface area contributed by atoms with Gasteiger partial charge in [-0.1, -0.05) is 0 Å². The monoisotopic (exact) mass is 402 g/mol. The van der Waals surface area contributed by atoms with Crippen LogP contribution in [0.15, 0.2) is 43.0 Å². The zero-order chi connectivity index (χ0) is 20.7. The first-order valence-electron chi connectivity index (χ1n) is 9.32. The third-order valence-corrected chi connectivity index (χ3v) is 5.21. The van der Waals surface area contributed by atoms with E-state index in [1.807, 2.05) is 6.07 Å². The van der Waals surface area contributed by atoms with Gasteiger partial charge in [0.25, 0.3) is 0 Å². The molecule has 0 aliphatic carbocycles. The van der Waals surface area contributed by atoms with Crippen molar-refractivity contribution in [3.8, 4) is 17.3 Å². The number of hydrogen-bond acceptors (Lipinski definition) is 7. The van der Waals surface area contributed by atoms with Gasteiger partial charge in [0.05, 0.1) is 23.6 Å². The maximum absolute atomic E-state index is 14.0. The fourth-order valence-corrected chi connectivity index (χ4v) is 3.83. The molecule has 0 spiro atoms. The minimum Gasteiger partial charge on any atom is -0.366 e. The van der Waals surface area contributed by atoms with Crippen LogP contribution in [0, 0.1) is 17.1 Å². The fraction of sp³-hybridized carbons (Fsp3) is 0.200. The molecule has 3 aromatic heterocycles. The van der Waals surface area contributed by atoms with Gasteiger partial charge in [0.2, 0.25) is 0 Å². The van der Waals surface area contributed by atoms with Crippen LogP contribution in [-0.2, 0) is 0 Å². The number of fused-ring (bicyclic) bond motifs is 4. The van der Waals surface area contributed by atoms with Crippen LogP contribution in [0.2, 0.25) is 0 Å². The predicted molar refractivity (Wildman–Crippen MR) is 106 cm³/mol. The second kappa shape index (κ2) is 7.04. The lowest BCUT2D eigenvalue weighted by Gasteiger charge is -2.35. The molecule has 30 heavy (non-hydrogen) atoms. The van der Waals surface area contributed by atoms with Crippen molar-refractivity contribution in [1.29, 1.82) is 5.26 Å². The number of nitrogens with one attached hydrogen (secondary N) is 1. The number of carbonyl (C=O) groups is 1. The second-order valence-corrected chi connectivity index (χ2v) is 6.98. The van der Waals surface area contributed by atoms with E-state index in [0.29, 0.717) is 22.9 Å².